The quantitative estimate of drug-likeness (QED) is 0.820. The molecule has 1 rings (SSSR count). The normalized spacial score (nSPS) is 20.6. The van der Waals surface area contributed by atoms with Crippen LogP contribution in [0.15, 0.2) is 0 Å². The second-order valence-corrected chi connectivity index (χ2v) is 7.43. The van der Waals surface area contributed by atoms with Crippen LogP contribution in [-0.4, -0.2) is 47.0 Å². The largest absolute Gasteiger partial charge is 0.341 e. The zero-order chi connectivity index (χ0) is 12.9. The summed E-state index contributed by atoms with van der Waals surface area (Å²) < 4.78 is 0.167. The van der Waals surface area contributed by atoms with Crippen molar-refractivity contribution >= 4 is 17.7 Å². The molecule has 0 spiro atoms. The Morgan fingerprint density at radius 2 is 2.18 bits per heavy atom. The van der Waals surface area contributed by atoms with Gasteiger partial charge in [-0.15, -0.1) is 11.8 Å². The van der Waals surface area contributed by atoms with E-state index >= 15 is 0 Å². The first-order valence-corrected chi connectivity index (χ1v) is 7.56. The summed E-state index contributed by atoms with van der Waals surface area (Å²) >= 11 is 1.73. The number of carbonyl (C=O) groups is 1. The molecule has 1 amide bonds. The minimum Gasteiger partial charge on any atom is -0.341 e. The molecule has 1 aliphatic rings. The Labute approximate surface area is 110 Å². The number of amides is 1. The van der Waals surface area contributed by atoms with E-state index in [0.29, 0.717) is 11.8 Å². The van der Waals surface area contributed by atoms with Gasteiger partial charge < -0.3 is 10.2 Å². The minimum absolute atomic E-state index is 0.167. The predicted molar refractivity (Wildman–Crippen MR) is 75.5 cm³/mol. The highest BCUT2D eigenvalue weighted by atomic mass is 32.2. The van der Waals surface area contributed by atoms with Crippen molar-refractivity contribution in [1.29, 1.82) is 0 Å². The highest BCUT2D eigenvalue weighted by Gasteiger charge is 2.21. The molecule has 1 aliphatic heterocycles. The van der Waals surface area contributed by atoms with Gasteiger partial charge in [-0.1, -0.05) is 20.8 Å². The van der Waals surface area contributed by atoms with E-state index in [-0.39, 0.29) is 10.7 Å². The summed E-state index contributed by atoms with van der Waals surface area (Å²) in [5.74, 6) is 0.880. The number of thioether (sulfide) groups is 1. The van der Waals surface area contributed by atoms with Crippen molar-refractivity contribution in [1.82, 2.24) is 10.2 Å². The van der Waals surface area contributed by atoms with Crippen molar-refractivity contribution in [2.45, 2.75) is 51.3 Å². The van der Waals surface area contributed by atoms with Gasteiger partial charge in [0, 0.05) is 23.9 Å². The molecule has 17 heavy (non-hydrogen) atoms. The molecular formula is C13H26N2OS. The first-order valence-electron chi connectivity index (χ1n) is 6.57. The Morgan fingerprint density at radius 1 is 1.47 bits per heavy atom. The smallest absolute Gasteiger partial charge is 0.232 e. The van der Waals surface area contributed by atoms with E-state index in [1.165, 1.54) is 12.8 Å². The molecule has 100 valence electrons. The van der Waals surface area contributed by atoms with Gasteiger partial charge in [0.1, 0.15) is 0 Å². The molecule has 1 N–H and O–H groups in total. The van der Waals surface area contributed by atoms with Crippen LogP contribution in [0.4, 0.5) is 0 Å². The second-order valence-electron chi connectivity index (χ2n) is 5.63. The molecule has 1 unspecified atom stereocenters. The molecule has 1 fully saturated rings. The van der Waals surface area contributed by atoms with Crippen LogP contribution in [0.3, 0.4) is 0 Å². The standard InChI is InChI=1S/C13H26N2OS/c1-5-15(9-11-7-6-8-14-11)12(16)10-17-13(2,3)4/h11,14H,5-10H2,1-4H3. The maximum absolute atomic E-state index is 12.1. The SMILES string of the molecule is CCN(CC1CCCN1)C(=O)CSC(C)(C)C. The lowest BCUT2D eigenvalue weighted by molar-refractivity contribution is -0.128. The third kappa shape index (κ3) is 5.77. The van der Waals surface area contributed by atoms with E-state index in [9.17, 15) is 4.79 Å². The van der Waals surface area contributed by atoms with Crippen LogP contribution in [0.1, 0.15) is 40.5 Å². The van der Waals surface area contributed by atoms with E-state index in [1.54, 1.807) is 11.8 Å². The summed E-state index contributed by atoms with van der Waals surface area (Å²) in [5, 5.41) is 3.45. The maximum atomic E-state index is 12.1. The van der Waals surface area contributed by atoms with Crippen molar-refractivity contribution in [3.63, 3.8) is 0 Å². The fraction of sp³-hybridized carbons (Fsp3) is 0.923. The molecule has 0 radical (unpaired) electrons. The second kappa shape index (κ2) is 6.64. The number of likely N-dealkylation sites (N-methyl/N-ethyl adjacent to an activating group) is 1. The van der Waals surface area contributed by atoms with Crippen LogP contribution < -0.4 is 5.32 Å². The maximum Gasteiger partial charge on any atom is 0.232 e. The minimum atomic E-state index is 0.167. The molecule has 0 aliphatic carbocycles. The summed E-state index contributed by atoms with van der Waals surface area (Å²) in [4.78, 5) is 14.1. The molecule has 1 atom stereocenters. The van der Waals surface area contributed by atoms with Crippen molar-refractivity contribution < 1.29 is 4.79 Å². The van der Waals surface area contributed by atoms with Gasteiger partial charge in [0.2, 0.25) is 5.91 Å². The molecule has 0 aromatic heterocycles. The van der Waals surface area contributed by atoms with Gasteiger partial charge in [-0.05, 0) is 26.3 Å². The van der Waals surface area contributed by atoms with Gasteiger partial charge in [-0.25, -0.2) is 0 Å². The Hall–Kier alpha value is -0.220. The van der Waals surface area contributed by atoms with Gasteiger partial charge in [-0.2, -0.15) is 0 Å². The van der Waals surface area contributed by atoms with Gasteiger partial charge in [0.15, 0.2) is 0 Å². The molecule has 0 aromatic rings. The summed E-state index contributed by atoms with van der Waals surface area (Å²) in [5.41, 5.74) is 0. The van der Waals surface area contributed by atoms with Crippen LogP contribution in [0.2, 0.25) is 0 Å². The summed E-state index contributed by atoms with van der Waals surface area (Å²) in [7, 11) is 0. The number of carbonyl (C=O) groups excluding carboxylic acids is 1. The summed E-state index contributed by atoms with van der Waals surface area (Å²) in [6, 6.07) is 0.513. The average molecular weight is 258 g/mol. The zero-order valence-corrected chi connectivity index (χ0v) is 12.4. The van der Waals surface area contributed by atoms with Gasteiger partial charge >= 0.3 is 0 Å². The van der Waals surface area contributed by atoms with Crippen molar-refractivity contribution in [2.75, 3.05) is 25.4 Å². The van der Waals surface area contributed by atoms with Crippen molar-refractivity contribution in [3.05, 3.63) is 0 Å². The van der Waals surface area contributed by atoms with Crippen LogP contribution in [0.25, 0.3) is 0 Å². The Kier molecular flexibility index (Phi) is 5.80. The predicted octanol–water partition coefficient (Wildman–Crippen LogP) is 2.12. The lowest BCUT2D eigenvalue weighted by Gasteiger charge is -2.26. The third-order valence-electron chi connectivity index (χ3n) is 2.97. The number of nitrogens with one attached hydrogen (secondary N) is 1. The topological polar surface area (TPSA) is 32.3 Å². The van der Waals surface area contributed by atoms with E-state index in [2.05, 4.69) is 33.0 Å². The first-order chi connectivity index (χ1) is 7.92. The lowest BCUT2D eigenvalue weighted by Crippen LogP contribution is -2.42. The van der Waals surface area contributed by atoms with E-state index in [0.717, 1.165) is 19.6 Å². The van der Waals surface area contributed by atoms with Gasteiger partial charge in [-0.3, -0.25) is 4.79 Å². The molecule has 0 aromatic carbocycles. The van der Waals surface area contributed by atoms with E-state index < -0.39 is 0 Å². The molecule has 4 heteroatoms. The first kappa shape index (κ1) is 14.8. The van der Waals surface area contributed by atoms with Crippen molar-refractivity contribution in [2.24, 2.45) is 0 Å². The molecular weight excluding hydrogens is 232 g/mol. The molecule has 0 bridgehead atoms. The Bertz CT molecular complexity index is 244. The van der Waals surface area contributed by atoms with E-state index in [4.69, 9.17) is 0 Å². The summed E-state index contributed by atoms with van der Waals surface area (Å²) in [6.45, 7) is 11.3. The van der Waals surface area contributed by atoms with Gasteiger partial charge in [0.25, 0.3) is 0 Å². The number of hydrogen-bond donors (Lipinski definition) is 1. The van der Waals surface area contributed by atoms with Gasteiger partial charge in [0.05, 0.1) is 5.75 Å². The van der Waals surface area contributed by atoms with Crippen LogP contribution in [0.5, 0.6) is 0 Å². The van der Waals surface area contributed by atoms with Crippen molar-refractivity contribution in [3.8, 4) is 0 Å². The number of hydrogen-bond acceptors (Lipinski definition) is 3. The monoisotopic (exact) mass is 258 g/mol. The number of rotatable bonds is 5. The van der Waals surface area contributed by atoms with Crippen LogP contribution in [0, 0.1) is 0 Å². The summed E-state index contributed by atoms with van der Waals surface area (Å²) in [6.07, 6.45) is 2.45. The van der Waals surface area contributed by atoms with Crippen LogP contribution >= 0.6 is 11.8 Å². The fourth-order valence-corrected chi connectivity index (χ4v) is 2.69. The fourth-order valence-electron chi connectivity index (χ4n) is 1.96. The number of nitrogens with zero attached hydrogens (tertiary/aromatic N) is 1. The molecule has 1 saturated heterocycles. The average Bonchev–Trinajstić information content (AvgIpc) is 2.74. The highest BCUT2D eigenvalue weighted by molar-refractivity contribution is 8.01. The Morgan fingerprint density at radius 3 is 2.65 bits per heavy atom. The molecule has 0 saturated carbocycles. The Balaban J connectivity index is 2.35. The molecule has 1 heterocycles. The van der Waals surface area contributed by atoms with E-state index in [1.807, 2.05) is 4.90 Å². The lowest BCUT2D eigenvalue weighted by atomic mass is 10.2. The zero-order valence-electron chi connectivity index (χ0n) is 11.6. The van der Waals surface area contributed by atoms with Crippen LogP contribution in [-0.2, 0) is 4.79 Å². The highest BCUT2D eigenvalue weighted by Crippen LogP contribution is 2.23. The third-order valence-corrected chi connectivity index (χ3v) is 4.22. The molecule has 3 nitrogen and oxygen atoms in total.